The first-order valence-corrected chi connectivity index (χ1v) is 7.37. The molecule has 1 aromatic rings. The third-order valence-corrected chi connectivity index (χ3v) is 4.44. The van der Waals surface area contributed by atoms with E-state index in [1.54, 1.807) is 4.90 Å². The second-order valence-electron chi connectivity index (χ2n) is 5.84. The Bertz CT molecular complexity index is 532. The van der Waals surface area contributed by atoms with E-state index in [1.807, 2.05) is 13.0 Å². The lowest BCUT2D eigenvalue weighted by Crippen LogP contribution is -2.38. The molecule has 5 heteroatoms. The summed E-state index contributed by atoms with van der Waals surface area (Å²) >= 11 is 0. The number of nitrogens with one attached hydrogen (secondary N) is 1. The Labute approximate surface area is 119 Å². The zero-order valence-corrected chi connectivity index (χ0v) is 11.9. The smallest absolute Gasteiger partial charge is 0.323 e. The number of fused-ring (bicyclic) bond motifs is 1. The molecule has 0 aromatic carbocycles. The fraction of sp³-hybridized carbons (Fsp3) is 0.600. The number of aryl methyl sites for hydroxylation is 2. The number of β-amino-alcohol motifs (C(OH)–C–C–N with tert-alkyl or cyclic N) is 1. The molecular formula is C15H21N3O2. The van der Waals surface area contributed by atoms with Crippen LogP contribution in [0.3, 0.4) is 0 Å². The number of carbonyl (C=O) groups is 1. The molecule has 20 heavy (non-hydrogen) atoms. The average molecular weight is 275 g/mol. The maximum absolute atomic E-state index is 12.2. The molecule has 2 aliphatic rings. The van der Waals surface area contributed by atoms with E-state index in [4.69, 9.17) is 0 Å². The van der Waals surface area contributed by atoms with E-state index in [2.05, 4.69) is 16.4 Å². The van der Waals surface area contributed by atoms with Crippen LogP contribution >= 0.6 is 0 Å². The molecule has 1 unspecified atom stereocenters. The van der Waals surface area contributed by atoms with Gasteiger partial charge in [0.05, 0.1) is 12.1 Å². The van der Waals surface area contributed by atoms with Gasteiger partial charge in [0.2, 0.25) is 0 Å². The third-order valence-electron chi connectivity index (χ3n) is 4.44. The van der Waals surface area contributed by atoms with Crippen LogP contribution in [-0.4, -0.2) is 39.7 Å². The van der Waals surface area contributed by atoms with Crippen molar-refractivity contribution in [2.45, 2.75) is 44.6 Å². The van der Waals surface area contributed by atoms with E-state index in [0.717, 1.165) is 25.0 Å². The van der Waals surface area contributed by atoms with Crippen molar-refractivity contribution in [3.05, 3.63) is 23.4 Å². The van der Waals surface area contributed by atoms with Gasteiger partial charge < -0.3 is 10.0 Å². The lowest BCUT2D eigenvalue weighted by molar-refractivity contribution is 0.0492. The highest BCUT2D eigenvalue weighted by Gasteiger charge is 2.36. The van der Waals surface area contributed by atoms with Gasteiger partial charge in [-0.15, -0.1) is 0 Å². The molecule has 1 aromatic heterocycles. The molecule has 1 aliphatic heterocycles. The fourth-order valence-corrected chi connectivity index (χ4v) is 3.00. The summed E-state index contributed by atoms with van der Waals surface area (Å²) in [6, 6.07) is 3.75. The van der Waals surface area contributed by atoms with Gasteiger partial charge in [-0.1, -0.05) is 13.0 Å². The number of carbonyl (C=O) groups excluding carboxylic acids is 1. The number of rotatable bonds is 2. The minimum atomic E-state index is -0.720. The number of hydrogen-bond acceptors (Lipinski definition) is 3. The number of amides is 2. The first-order valence-electron chi connectivity index (χ1n) is 7.37. The highest BCUT2D eigenvalue weighted by Crippen LogP contribution is 2.25. The molecule has 5 nitrogen and oxygen atoms in total. The van der Waals surface area contributed by atoms with Crippen molar-refractivity contribution in [2.75, 3.05) is 18.4 Å². The van der Waals surface area contributed by atoms with Gasteiger partial charge in [0, 0.05) is 12.2 Å². The molecule has 0 spiro atoms. The van der Waals surface area contributed by atoms with Gasteiger partial charge in [-0.25, -0.2) is 9.78 Å². The van der Waals surface area contributed by atoms with Crippen molar-refractivity contribution in [1.82, 2.24) is 9.88 Å². The molecule has 1 aliphatic carbocycles. The van der Waals surface area contributed by atoms with Gasteiger partial charge in [-0.3, -0.25) is 5.32 Å². The van der Waals surface area contributed by atoms with Crippen LogP contribution in [0.4, 0.5) is 10.6 Å². The van der Waals surface area contributed by atoms with E-state index < -0.39 is 5.60 Å². The van der Waals surface area contributed by atoms with Gasteiger partial charge in [0.25, 0.3) is 0 Å². The maximum Gasteiger partial charge on any atom is 0.323 e. The highest BCUT2D eigenvalue weighted by molar-refractivity contribution is 5.88. The lowest BCUT2D eigenvalue weighted by Gasteiger charge is -2.21. The number of aromatic nitrogens is 1. The standard InChI is InChI=1S/C15H21N3O2/c1-2-15(20)8-9-18(10-15)14(19)17-13-7-6-11-4-3-5-12(11)16-13/h6-7,20H,2-5,8-10H2,1H3,(H,16,17,19). The van der Waals surface area contributed by atoms with E-state index >= 15 is 0 Å². The van der Waals surface area contributed by atoms with Crippen molar-refractivity contribution >= 4 is 11.8 Å². The van der Waals surface area contributed by atoms with Crippen LogP contribution < -0.4 is 5.32 Å². The number of hydrogen-bond donors (Lipinski definition) is 2. The van der Waals surface area contributed by atoms with Crippen molar-refractivity contribution in [3.63, 3.8) is 0 Å². The number of urea groups is 1. The quantitative estimate of drug-likeness (QED) is 0.867. The van der Waals surface area contributed by atoms with Crippen LogP contribution in [0.15, 0.2) is 12.1 Å². The summed E-state index contributed by atoms with van der Waals surface area (Å²) in [4.78, 5) is 18.3. The van der Waals surface area contributed by atoms with Crippen molar-refractivity contribution in [1.29, 1.82) is 0 Å². The summed E-state index contributed by atoms with van der Waals surface area (Å²) in [5.74, 6) is 0.614. The lowest BCUT2D eigenvalue weighted by atomic mass is 10.0. The zero-order valence-electron chi connectivity index (χ0n) is 11.9. The molecule has 2 N–H and O–H groups in total. The summed E-state index contributed by atoms with van der Waals surface area (Å²) in [5, 5.41) is 13.0. The van der Waals surface area contributed by atoms with Crippen LogP contribution in [0, 0.1) is 0 Å². The highest BCUT2D eigenvalue weighted by atomic mass is 16.3. The number of pyridine rings is 1. The third kappa shape index (κ3) is 2.50. The predicted octanol–water partition coefficient (Wildman–Crippen LogP) is 1.95. The number of aliphatic hydroxyl groups is 1. The molecule has 1 saturated heterocycles. The summed E-state index contributed by atoms with van der Waals surface area (Å²) in [5.41, 5.74) is 1.68. The van der Waals surface area contributed by atoms with E-state index in [0.29, 0.717) is 31.7 Å². The molecule has 2 heterocycles. The van der Waals surface area contributed by atoms with Gasteiger partial charge in [0.15, 0.2) is 0 Å². The summed E-state index contributed by atoms with van der Waals surface area (Å²) < 4.78 is 0. The Hall–Kier alpha value is -1.62. The SMILES string of the molecule is CCC1(O)CCN(C(=O)Nc2ccc3c(n2)CCC3)C1. The second-order valence-corrected chi connectivity index (χ2v) is 5.84. The van der Waals surface area contributed by atoms with E-state index in [-0.39, 0.29) is 6.03 Å². The van der Waals surface area contributed by atoms with Crippen molar-refractivity contribution in [3.8, 4) is 0 Å². The average Bonchev–Trinajstić information content (AvgIpc) is 3.05. The topological polar surface area (TPSA) is 65.5 Å². The van der Waals surface area contributed by atoms with Crippen LogP contribution in [-0.2, 0) is 12.8 Å². The molecule has 1 fully saturated rings. The largest absolute Gasteiger partial charge is 0.388 e. The Kier molecular flexibility index (Phi) is 3.38. The van der Waals surface area contributed by atoms with Gasteiger partial charge in [-0.05, 0) is 43.7 Å². The summed E-state index contributed by atoms with van der Waals surface area (Å²) in [6.45, 7) is 2.95. The summed E-state index contributed by atoms with van der Waals surface area (Å²) in [7, 11) is 0. The van der Waals surface area contributed by atoms with Crippen LogP contribution in [0.1, 0.15) is 37.4 Å². The number of anilines is 1. The normalized spacial score (nSPS) is 24.8. The Balaban J connectivity index is 1.65. The Morgan fingerprint density at radius 3 is 3.10 bits per heavy atom. The van der Waals surface area contributed by atoms with Crippen LogP contribution in [0.2, 0.25) is 0 Å². The van der Waals surface area contributed by atoms with E-state index in [1.165, 1.54) is 5.56 Å². The monoisotopic (exact) mass is 275 g/mol. The van der Waals surface area contributed by atoms with Crippen molar-refractivity contribution in [2.24, 2.45) is 0 Å². The first-order chi connectivity index (χ1) is 9.59. The number of nitrogens with zero attached hydrogens (tertiary/aromatic N) is 2. The summed E-state index contributed by atoms with van der Waals surface area (Å²) in [6.07, 6.45) is 4.56. The Morgan fingerprint density at radius 2 is 2.35 bits per heavy atom. The molecule has 3 rings (SSSR count). The number of likely N-dealkylation sites (tertiary alicyclic amines) is 1. The van der Waals surface area contributed by atoms with Gasteiger partial charge in [-0.2, -0.15) is 0 Å². The van der Waals surface area contributed by atoms with Crippen molar-refractivity contribution < 1.29 is 9.90 Å². The van der Waals surface area contributed by atoms with Gasteiger partial charge >= 0.3 is 6.03 Å². The minimum Gasteiger partial charge on any atom is -0.388 e. The predicted molar refractivity (Wildman–Crippen MR) is 76.7 cm³/mol. The second kappa shape index (κ2) is 5.05. The molecule has 0 saturated carbocycles. The maximum atomic E-state index is 12.2. The molecule has 0 bridgehead atoms. The molecule has 1 atom stereocenters. The molecule has 108 valence electrons. The minimum absolute atomic E-state index is 0.167. The molecule has 2 amide bonds. The zero-order chi connectivity index (χ0) is 14.2. The molecular weight excluding hydrogens is 254 g/mol. The van der Waals surface area contributed by atoms with E-state index in [9.17, 15) is 9.90 Å². The first kappa shape index (κ1) is 13.4. The fourth-order valence-electron chi connectivity index (χ4n) is 3.00. The van der Waals surface area contributed by atoms with Crippen LogP contribution in [0.25, 0.3) is 0 Å². The molecule has 0 radical (unpaired) electrons. The Morgan fingerprint density at radius 1 is 1.50 bits per heavy atom. The van der Waals surface area contributed by atoms with Gasteiger partial charge in [0.1, 0.15) is 5.82 Å². The van der Waals surface area contributed by atoms with Crippen LogP contribution in [0.5, 0.6) is 0 Å².